The number of likely N-dealkylation sites (tertiary alicyclic amines) is 1. The Morgan fingerprint density at radius 1 is 1.27 bits per heavy atom. The smallest absolute Gasteiger partial charge is 0.354 e. The number of carboxylic acids is 1. The molecule has 0 bridgehead atoms. The minimum absolute atomic E-state index is 0.331. The summed E-state index contributed by atoms with van der Waals surface area (Å²) in [6.45, 7) is 3.64. The van der Waals surface area contributed by atoms with Gasteiger partial charge in [0.15, 0.2) is 0 Å². The van der Waals surface area contributed by atoms with Crippen LogP contribution in [0.2, 0.25) is 0 Å². The Morgan fingerprint density at radius 2 is 2.08 bits per heavy atom. The van der Waals surface area contributed by atoms with Crippen molar-refractivity contribution in [2.75, 3.05) is 19.6 Å². The molecule has 3 heterocycles. The highest BCUT2D eigenvalue weighted by atomic mass is 16.4. The zero-order chi connectivity index (χ0) is 18.1. The summed E-state index contributed by atoms with van der Waals surface area (Å²) in [7, 11) is 0. The fourth-order valence-corrected chi connectivity index (χ4v) is 4.09. The van der Waals surface area contributed by atoms with Crippen LogP contribution in [0, 0.1) is 0 Å². The second-order valence-corrected chi connectivity index (χ2v) is 7.27. The largest absolute Gasteiger partial charge is 0.477 e. The number of piperidine rings is 1. The molecule has 0 spiro atoms. The van der Waals surface area contributed by atoms with Crippen molar-refractivity contribution in [2.24, 2.45) is 5.73 Å². The van der Waals surface area contributed by atoms with Crippen LogP contribution in [-0.2, 0) is 19.4 Å². The first-order valence-corrected chi connectivity index (χ1v) is 9.37. The molecule has 7 nitrogen and oxygen atoms in total. The lowest BCUT2D eigenvalue weighted by molar-refractivity contribution is 0.0681. The first kappa shape index (κ1) is 17.2. The predicted molar refractivity (Wildman–Crippen MR) is 98.1 cm³/mol. The summed E-state index contributed by atoms with van der Waals surface area (Å²) in [5.41, 5.74) is 10.1. The topological polar surface area (TPSA) is 97.3 Å². The minimum atomic E-state index is -0.889. The van der Waals surface area contributed by atoms with Crippen LogP contribution in [0.1, 0.15) is 40.9 Å². The minimum Gasteiger partial charge on any atom is -0.477 e. The Bertz CT molecular complexity index is 808. The van der Waals surface area contributed by atoms with E-state index in [1.165, 1.54) is 0 Å². The van der Waals surface area contributed by atoms with Gasteiger partial charge in [0.05, 0.1) is 5.69 Å². The van der Waals surface area contributed by atoms with E-state index < -0.39 is 5.97 Å². The van der Waals surface area contributed by atoms with Gasteiger partial charge in [0.25, 0.3) is 0 Å². The Labute approximate surface area is 152 Å². The zero-order valence-electron chi connectivity index (χ0n) is 14.9. The molecular formula is C19H25N5O2. The first-order chi connectivity index (χ1) is 12.6. The summed E-state index contributed by atoms with van der Waals surface area (Å²) in [5, 5.41) is 14.4. The molecule has 0 aromatic carbocycles. The number of nitrogens with two attached hydrogens (primary N) is 1. The molecular weight excluding hydrogens is 330 g/mol. The van der Waals surface area contributed by atoms with Gasteiger partial charge >= 0.3 is 5.97 Å². The van der Waals surface area contributed by atoms with Crippen LogP contribution < -0.4 is 5.73 Å². The molecule has 1 aliphatic carbocycles. The van der Waals surface area contributed by atoms with Crippen LogP contribution >= 0.6 is 0 Å². The molecule has 138 valence electrons. The maximum atomic E-state index is 11.9. The van der Waals surface area contributed by atoms with Crippen LogP contribution in [0.5, 0.6) is 0 Å². The summed E-state index contributed by atoms with van der Waals surface area (Å²) in [5.74, 6) is -0.889. The average Bonchev–Trinajstić information content (AvgIpc) is 3.02. The van der Waals surface area contributed by atoms with Gasteiger partial charge in [-0.1, -0.05) is 0 Å². The van der Waals surface area contributed by atoms with Crippen molar-refractivity contribution in [3.05, 3.63) is 35.3 Å². The van der Waals surface area contributed by atoms with E-state index in [9.17, 15) is 9.90 Å². The normalized spacial score (nSPS) is 17.7. The standard InChI is InChI=1S/C19H25N5O2/c20-14-5-10-23(11-6-14)8-1-9-24-18(19(25)26)16-3-2-13-12-21-7-4-15(13)17(16)22-24/h4,7,12,14H,1-3,5-6,8-11,20H2,(H,25,26). The van der Waals surface area contributed by atoms with Gasteiger partial charge in [0.1, 0.15) is 5.69 Å². The zero-order valence-corrected chi connectivity index (χ0v) is 14.9. The second kappa shape index (κ2) is 7.17. The number of hydrogen-bond donors (Lipinski definition) is 2. The van der Waals surface area contributed by atoms with Gasteiger partial charge in [0, 0.05) is 36.1 Å². The number of carbonyl (C=O) groups is 1. The molecule has 1 fully saturated rings. The lowest BCUT2D eigenvalue weighted by Gasteiger charge is -2.29. The number of nitrogens with zero attached hydrogens (tertiary/aromatic N) is 4. The molecule has 0 amide bonds. The van der Waals surface area contributed by atoms with Crippen LogP contribution in [0.4, 0.5) is 0 Å². The van der Waals surface area contributed by atoms with Crippen molar-refractivity contribution in [2.45, 2.75) is 44.7 Å². The van der Waals surface area contributed by atoms with Gasteiger partial charge in [-0.3, -0.25) is 9.67 Å². The fourth-order valence-electron chi connectivity index (χ4n) is 4.09. The van der Waals surface area contributed by atoms with Gasteiger partial charge in [0.2, 0.25) is 0 Å². The quantitative estimate of drug-likeness (QED) is 0.845. The summed E-state index contributed by atoms with van der Waals surface area (Å²) < 4.78 is 1.69. The molecule has 2 aromatic heterocycles. The van der Waals surface area contributed by atoms with Crippen LogP contribution in [-0.4, -0.2) is 56.4 Å². The Balaban J connectivity index is 1.52. The van der Waals surface area contributed by atoms with E-state index in [0.29, 0.717) is 24.7 Å². The molecule has 4 rings (SSSR count). The Kier molecular flexibility index (Phi) is 4.74. The number of pyridine rings is 1. The lowest BCUT2D eigenvalue weighted by atomic mass is 9.90. The third-order valence-electron chi connectivity index (χ3n) is 5.53. The van der Waals surface area contributed by atoms with Gasteiger partial charge in [-0.05, 0) is 63.4 Å². The van der Waals surface area contributed by atoms with E-state index in [-0.39, 0.29) is 0 Å². The third kappa shape index (κ3) is 3.24. The van der Waals surface area contributed by atoms with E-state index in [0.717, 1.165) is 67.7 Å². The number of hydrogen-bond acceptors (Lipinski definition) is 5. The number of aromatic nitrogens is 3. The summed E-state index contributed by atoms with van der Waals surface area (Å²) in [6, 6.07) is 2.27. The van der Waals surface area contributed by atoms with Crippen molar-refractivity contribution in [1.29, 1.82) is 0 Å². The van der Waals surface area contributed by atoms with Gasteiger partial charge in [-0.15, -0.1) is 0 Å². The molecule has 7 heteroatoms. The molecule has 2 aromatic rings. The van der Waals surface area contributed by atoms with Crippen molar-refractivity contribution >= 4 is 5.97 Å². The Hall–Kier alpha value is -2.25. The summed E-state index contributed by atoms with van der Waals surface area (Å²) in [6.07, 6.45) is 8.10. The molecule has 1 saturated heterocycles. The Morgan fingerprint density at radius 3 is 2.85 bits per heavy atom. The van der Waals surface area contributed by atoms with E-state index in [4.69, 9.17) is 5.73 Å². The average molecular weight is 355 g/mol. The first-order valence-electron chi connectivity index (χ1n) is 9.37. The number of aromatic carboxylic acids is 1. The number of fused-ring (bicyclic) bond motifs is 3. The molecule has 3 N–H and O–H groups in total. The molecule has 2 aliphatic rings. The maximum absolute atomic E-state index is 11.9. The van der Waals surface area contributed by atoms with Crippen molar-refractivity contribution in [3.8, 4) is 11.3 Å². The van der Waals surface area contributed by atoms with Crippen molar-refractivity contribution in [3.63, 3.8) is 0 Å². The molecule has 0 saturated carbocycles. The van der Waals surface area contributed by atoms with Crippen molar-refractivity contribution < 1.29 is 9.90 Å². The molecule has 0 radical (unpaired) electrons. The fraction of sp³-hybridized carbons (Fsp3) is 0.526. The number of aryl methyl sites for hydroxylation is 2. The molecule has 26 heavy (non-hydrogen) atoms. The SMILES string of the molecule is NC1CCN(CCCn2nc3c(c2C(=O)O)CCc2cnccc2-3)CC1. The van der Waals surface area contributed by atoms with Gasteiger partial charge < -0.3 is 15.7 Å². The monoisotopic (exact) mass is 355 g/mol. The van der Waals surface area contributed by atoms with E-state index in [2.05, 4.69) is 15.0 Å². The van der Waals surface area contributed by atoms with E-state index in [1.807, 2.05) is 12.3 Å². The highest BCUT2D eigenvalue weighted by Gasteiger charge is 2.28. The van der Waals surface area contributed by atoms with Crippen LogP contribution in [0.25, 0.3) is 11.3 Å². The van der Waals surface area contributed by atoms with Gasteiger partial charge in [-0.2, -0.15) is 5.10 Å². The number of rotatable bonds is 5. The summed E-state index contributed by atoms with van der Waals surface area (Å²) >= 11 is 0. The van der Waals surface area contributed by atoms with E-state index >= 15 is 0 Å². The predicted octanol–water partition coefficient (Wildman–Crippen LogP) is 1.56. The van der Waals surface area contributed by atoms with Crippen LogP contribution in [0.3, 0.4) is 0 Å². The molecule has 0 atom stereocenters. The number of carboxylic acid groups (broad SMARTS) is 1. The van der Waals surface area contributed by atoms with Crippen molar-refractivity contribution in [1.82, 2.24) is 19.7 Å². The summed E-state index contributed by atoms with van der Waals surface area (Å²) in [4.78, 5) is 18.5. The highest BCUT2D eigenvalue weighted by molar-refractivity contribution is 5.90. The molecule has 0 unspecified atom stereocenters. The second-order valence-electron chi connectivity index (χ2n) is 7.27. The van der Waals surface area contributed by atoms with Gasteiger partial charge in [-0.25, -0.2) is 4.79 Å². The molecule has 1 aliphatic heterocycles. The lowest BCUT2D eigenvalue weighted by Crippen LogP contribution is -2.40. The maximum Gasteiger partial charge on any atom is 0.354 e. The van der Waals surface area contributed by atoms with E-state index in [1.54, 1.807) is 10.9 Å². The third-order valence-corrected chi connectivity index (χ3v) is 5.53. The highest BCUT2D eigenvalue weighted by Crippen LogP contribution is 2.34. The van der Waals surface area contributed by atoms with Crippen LogP contribution in [0.15, 0.2) is 18.5 Å².